The van der Waals surface area contributed by atoms with Gasteiger partial charge in [-0.3, -0.25) is 9.69 Å². The molecule has 0 saturated carbocycles. The lowest BCUT2D eigenvalue weighted by atomic mass is 10.2. The van der Waals surface area contributed by atoms with E-state index < -0.39 is 0 Å². The summed E-state index contributed by atoms with van der Waals surface area (Å²) >= 11 is 0. The number of carbonyl (C=O) groups excluding carboxylic acids is 1. The van der Waals surface area contributed by atoms with Crippen LogP contribution in [0.25, 0.3) is 0 Å². The van der Waals surface area contributed by atoms with E-state index in [9.17, 15) is 4.79 Å². The molecular weight excluding hydrogens is 258 g/mol. The molecule has 0 spiro atoms. The molecule has 2 heterocycles. The molecule has 1 aromatic heterocycles. The number of aromatic nitrogens is 4. The molecule has 1 atom stereocenters. The summed E-state index contributed by atoms with van der Waals surface area (Å²) in [5, 5.41) is 13.6. The monoisotopic (exact) mass is 281 g/mol. The highest BCUT2D eigenvalue weighted by Gasteiger charge is 2.20. The van der Waals surface area contributed by atoms with E-state index in [0.717, 1.165) is 32.7 Å². The van der Waals surface area contributed by atoms with Gasteiger partial charge in [0.15, 0.2) is 0 Å². The van der Waals surface area contributed by atoms with Crippen molar-refractivity contribution in [3.8, 4) is 0 Å². The molecule has 8 heteroatoms. The first kappa shape index (κ1) is 14.9. The number of amides is 1. The molecule has 20 heavy (non-hydrogen) atoms. The van der Waals surface area contributed by atoms with Crippen LogP contribution in [-0.2, 0) is 11.3 Å². The summed E-state index contributed by atoms with van der Waals surface area (Å²) in [6.45, 7) is 10.6. The fraction of sp³-hybridized carbons (Fsp3) is 0.833. The molecule has 1 amide bonds. The molecule has 0 aliphatic carbocycles. The quantitative estimate of drug-likeness (QED) is 0.707. The second kappa shape index (κ2) is 7.30. The van der Waals surface area contributed by atoms with Crippen molar-refractivity contribution in [2.24, 2.45) is 0 Å². The zero-order valence-electron chi connectivity index (χ0n) is 12.2. The van der Waals surface area contributed by atoms with Gasteiger partial charge in [0.1, 0.15) is 12.9 Å². The van der Waals surface area contributed by atoms with Gasteiger partial charge in [0, 0.05) is 38.8 Å². The molecule has 1 aromatic rings. The third kappa shape index (κ3) is 4.24. The van der Waals surface area contributed by atoms with E-state index >= 15 is 0 Å². The Morgan fingerprint density at radius 3 is 2.70 bits per heavy atom. The average Bonchev–Trinajstić information content (AvgIpc) is 2.97. The van der Waals surface area contributed by atoms with Crippen molar-refractivity contribution < 1.29 is 4.79 Å². The topological polar surface area (TPSA) is 79.2 Å². The Hall–Kier alpha value is -1.54. The molecule has 0 bridgehead atoms. The summed E-state index contributed by atoms with van der Waals surface area (Å²) in [5.41, 5.74) is 0. The number of hydrogen-bond acceptors (Lipinski definition) is 6. The van der Waals surface area contributed by atoms with Crippen molar-refractivity contribution in [1.82, 2.24) is 35.3 Å². The van der Waals surface area contributed by atoms with Crippen LogP contribution in [0.5, 0.6) is 0 Å². The van der Waals surface area contributed by atoms with Gasteiger partial charge in [0.25, 0.3) is 0 Å². The summed E-state index contributed by atoms with van der Waals surface area (Å²) in [7, 11) is 0. The second-order valence-electron chi connectivity index (χ2n) is 5.13. The second-order valence-corrected chi connectivity index (χ2v) is 5.13. The number of likely N-dealkylation sites (N-methyl/N-ethyl adjacent to an activating group) is 1. The number of nitrogens with zero attached hydrogens (tertiary/aromatic N) is 6. The SMILES string of the molecule is CCN1CCN(C(C)CNC(=O)Cn2cnnn2)CC1. The Balaban J connectivity index is 1.67. The highest BCUT2D eigenvalue weighted by molar-refractivity contribution is 5.75. The molecule has 1 N–H and O–H groups in total. The number of rotatable bonds is 6. The van der Waals surface area contributed by atoms with Gasteiger partial charge >= 0.3 is 0 Å². The van der Waals surface area contributed by atoms with Crippen molar-refractivity contribution in [2.45, 2.75) is 26.4 Å². The van der Waals surface area contributed by atoms with Crippen LogP contribution < -0.4 is 5.32 Å². The van der Waals surface area contributed by atoms with E-state index in [4.69, 9.17) is 0 Å². The van der Waals surface area contributed by atoms with Gasteiger partial charge in [-0.25, -0.2) is 4.68 Å². The summed E-state index contributed by atoms with van der Waals surface area (Å²) in [5.74, 6) is -0.0589. The Morgan fingerprint density at radius 1 is 1.35 bits per heavy atom. The fourth-order valence-corrected chi connectivity index (χ4v) is 2.37. The highest BCUT2D eigenvalue weighted by Crippen LogP contribution is 2.05. The van der Waals surface area contributed by atoms with Crippen LogP contribution in [0.1, 0.15) is 13.8 Å². The number of carbonyl (C=O) groups is 1. The van der Waals surface area contributed by atoms with Crippen LogP contribution in [-0.4, -0.2) is 81.2 Å². The van der Waals surface area contributed by atoms with E-state index in [1.165, 1.54) is 11.0 Å². The van der Waals surface area contributed by atoms with Crippen molar-refractivity contribution in [3.63, 3.8) is 0 Å². The Labute approximate surface area is 119 Å². The normalized spacial score (nSPS) is 18.9. The third-order valence-electron chi connectivity index (χ3n) is 3.77. The van der Waals surface area contributed by atoms with Gasteiger partial charge < -0.3 is 10.2 Å². The molecule has 1 unspecified atom stereocenters. The minimum atomic E-state index is -0.0589. The Morgan fingerprint density at radius 2 is 2.10 bits per heavy atom. The van der Waals surface area contributed by atoms with Gasteiger partial charge in [0.2, 0.25) is 5.91 Å². The first-order valence-electron chi connectivity index (χ1n) is 7.13. The number of nitrogens with one attached hydrogen (secondary N) is 1. The summed E-state index contributed by atoms with van der Waals surface area (Å²) < 4.78 is 1.42. The van der Waals surface area contributed by atoms with Crippen LogP contribution in [0.3, 0.4) is 0 Å². The molecule has 1 aliphatic rings. The van der Waals surface area contributed by atoms with E-state index in [0.29, 0.717) is 12.6 Å². The maximum Gasteiger partial charge on any atom is 0.241 e. The lowest BCUT2D eigenvalue weighted by molar-refractivity contribution is -0.122. The van der Waals surface area contributed by atoms with E-state index in [1.807, 2.05) is 0 Å². The standard InChI is InChI=1S/C12H23N7O/c1-3-17-4-6-18(7-5-17)11(2)8-13-12(20)9-19-10-14-15-16-19/h10-11H,3-9H2,1-2H3,(H,13,20). The highest BCUT2D eigenvalue weighted by atomic mass is 16.2. The molecule has 8 nitrogen and oxygen atoms in total. The third-order valence-corrected chi connectivity index (χ3v) is 3.77. The van der Waals surface area contributed by atoms with Gasteiger partial charge in [-0.1, -0.05) is 6.92 Å². The van der Waals surface area contributed by atoms with E-state index in [1.54, 1.807) is 0 Å². The molecular formula is C12H23N7O. The van der Waals surface area contributed by atoms with E-state index in [-0.39, 0.29) is 12.5 Å². The number of hydrogen-bond donors (Lipinski definition) is 1. The lowest BCUT2D eigenvalue weighted by Crippen LogP contribution is -2.52. The lowest BCUT2D eigenvalue weighted by Gasteiger charge is -2.37. The maximum atomic E-state index is 11.7. The molecule has 1 fully saturated rings. The largest absolute Gasteiger partial charge is 0.353 e. The Kier molecular flexibility index (Phi) is 5.42. The number of tetrazole rings is 1. The molecule has 1 aliphatic heterocycles. The van der Waals surface area contributed by atoms with Crippen molar-refractivity contribution in [2.75, 3.05) is 39.3 Å². The van der Waals surface area contributed by atoms with Crippen LogP contribution in [0.4, 0.5) is 0 Å². The summed E-state index contributed by atoms with van der Waals surface area (Å²) in [4.78, 5) is 16.6. The minimum absolute atomic E-state index is 0.0589. The molecule has 0 aromatic carbocycles. The van der Waals surface area contributed by atoms with E-state index in [2.05, 4.69) is 44.5 Å². The van der Waals surface area contributed by atoms with Crippen molar-refractivity contribution in [1.29, 1.82) is 0 Å². The Bertz CT molecular complexity index is 400. The molecule has 112 valence electrons. The molecule has 0 radical (unpaired) electrons. The van der Waals surface area contributed by atoms with Crippen LogP contribution >= 0.6 is 0 Å². The van der Waals surface area contributed by atoms with Gasteiger partial charge in [0.05, 0.1) is 0 Å². The van der Waals surface area contributed by atoms with Crippen LogP contribution in [0, 0.1) is 0 Å². The fourth-order valence-electron chi connectivity index (χ4n) is 2.37. The molecule has 2 rings (SSSR count). The van der Waals surface area contributed by atoms with Crippen molar-refractivity contribution >= 4 is 5.91 Å². The summed E-state index contributed by atoms with van der Waals surface area (Å²) in [6, 6.07) is 0.354. The zero-order chi connectivity index (χ0) is 14.4. The van der Waals surface area contributed by atoms with Gasteiger partial charge in [-0.05, 0) is 23.9 Å². The number of piperazine rings is 1. The van der Waals surface area contributed by atoms with Gasteiger partial charge in [-0.2, -0.15) is 0 Å². The van der Waals surface area contributed by atoms with Crippen LogP contribution in [0.2, 0.25) is 0 Å². The maximum absolute atomic E-state index is 11.7. The van der Waals surface area contributed by atoms with Gasteiger partial charge in [-0.15, -0.1) is 5.10 Å². The first-order chi connectivity index (χ1) is 9.69. The van der Waals surface area contributed by atoms with Crippen LogP contribution in [0.15, 0.2) is 6.33 Å². The smallest absolute Gasteiger partial charge is 0.241 e. The zero-order valence-corrected chi connectivity index (χ0v) is 12.2. The van der Waals surface area contributed by atoms with Crippen molar-refractivity contribution in [3.05, 3.63) is 6.33 Å². The average molecular weight is 281 g/mol. The first-order valence-corrected chi connectivity index (χ1v) is 7.13. The minimum Gasteiger partial charge on any atom is -0.353 e. The predicted molar refractivity (Wildman–Crippen MR) is 74.0 cm³/mol. The predicted octanol–water partition coefficient (Wildman–Crippen LogP) is -1.18. The molecule has 1 saturated heterocycles. The summed E-state index contributed by atoms with van der Waals surface area (Å²) in [6.07, 6.45) is 1.44.